The van der Waals surface area contributed by atoms with Crippen LogP contribution in [0.15, 0.2) is 0 Å². The Bertz CT molecular complexity index is 387. The highest BCUT2D eigenvalue weighted by molar-refractivity contribution is 5.77. The van der Waals surface area contributed by atoms with Crippen LogP contribution in [-0.2, 0) is 14.3 Å². The van der Waals surface area contributed by atoms with Crippen LogP contribution in [0.4, 0.5) is 0 Å². The van der Waals surface area contributed by atoms with Crippen LogP contribution in [0.3, 0.4) is 0 Å². The number of aliphatic hydroxyl groups is 2. The monoisotopic (exact) mass is 332 g/mol. The van der Waals surface area contributed by atoms with Crippen LogP contribution in [0, 0.1) is 5.92 Å². The van der Waals surface area contributed by atoms with E-state index in [1.54, 1.807) is 6.92 Å². The normalized spacial score (nSPS) is 36.8. The predicted octanol–water partition coefficient (Wildman–Crippen LogP) is -3.34. The maximum atomic E-state index is 12.3. The van der Waals surface area contributed by atoms with Crippen molar-refractivity contribution in [2.45, 2.75) is 31.5 Å². The maximum absolute atomic E-state index is 12.3. The van der Waals surface area contributed by atoms with Crippen molar-refractivity contribution < 1.29 is 29.4 Å². The molecule has 0 aromatic carbocycles. The van der Waals surface area contributed by atoms with Crippen molar-refractivity contribution in [3.05, 3.63) is 0 Å². The number of carbonyl (C=O) groups is 1. The fourth-order valence-electron chi connectivity index (χ4n) is 3.23. The van der Waals surface area contributed by atoms with Gasteiger partial charge in [0.05, 0.1) is 31.9 Å². The van der Waals surface area contributed by atoms with Crippen LogP contribution in [0.2, 0.25) is 0 Å². The lowest BCUT2D eigenvalue weighted by molar-refractivity contribution is -0.896. The van der Waals surface area contributed by atoms with Gasteiger partial charge < -0.3 is 29.9 Å². The molecule has 5 unspecified atom stereocenters. The van der Waals surface area contributed by atoms with E-state index < -0.39 is 24.5 Å². The number of piperazine rings is 1. The molecule has 23 heavy (non-hydrogen) atoms. The zero-order valence-electron chi connectivity index (χ0n) is 14.2. The highest BCUT2D eigenvalue weighted by Crippen LogP contribution is 2.26. The number of rotatable bonds is 5. The number of amides is 1. The molecule has 2 heterocycles. The molecular weight excluding hydrogens is 302 g/mol. The summed E-state index contributed by atoms with van der Waals surface area (Å²) in [5.41, 5.74) is 0. The molecule has 1 amide bonds. The third-order valence-corrected chi connectivity index (χ3v) is 4.94. The second-order valence-corrected chi connectivity index (χ2v) is 6.63. The van der Waals surface area contributed by atoms with Gasteiger partial charge in [-0.15, -0.1) is 0 Å². The molecule has 0 aromatic heterocycles. The van der Waals surface area contributed by atoms with E-state index in [4.69, 9.17) is 9.47 Å². The zero-order chi connectivity index (χ0) is 17.0. The molecule has 2 rings (SSSR count). The standard InChI is InChI=1S/C15H29N3O5/c1-10-11(9-19)23-15(22-3)13(14(10)21)16-12(20)8-18-6-4-17(2)5-7-18/h10-11,13-15,19,21H,4-9H2,1-3H3,(H,16,20)/p+1. The number of hydrogen-bond acceptors (Lipinski definition) is 6. The lowest BCUT2D eigenvalue weighted by Gasteiger charge is -2.42. The lowest BCUT2D eigenvalue weighted by atomic mass is 9.89. The van der Waals surface area contributed by atoms with Gasteiger partial charge in [0.2, 0.25) is 0 Å². The third kappa shape index (κ3) is 4.62. The van der Waals surface area contributed by atoms with Crippen LogP contribution < -0.4 is 10.2 Å². The first-order valence-electron chi connectivity index (χ1n) is 8.25. The number of ether oxygens (including phenoxy) is 2. The molecule has 2 aliphatic rings. The Morgan fingerprint density at radius 2 is 2.09 bits per heavy atom. The first-order valence-corrected chi connectivity index (χ1v) is 8.25. The molecule has 134 valence electrons. The van der Waals surface area contributed by atoms with Gasteiger partial charge in [-0.05, 0) is 7.05 Å². The Kier molecular flexibility index (Phi) is 6.75. The molecule has 8 heteroatoms. The molecule has 0 bridgehead atoms. The van der Waals surface area contributed by atoms with Gasteiger partial charge in [0.15, 0.2) is 12.8 Å². The summed E-state index contributed by atoms with van der Waals surface area (Å²) in [4.78, 5) is 15.8. The average molecular weight is 332 g/mol. The van der Waals surface area contributed by atoms with E-state index in [-0.39, 0.29) is 18.4 Å². The number of likely N-dealkylation sites (N-methyl/N-ethyl adjacent to an activating group) is 1. The van der Waals surface area contributed by atoms with Gasteiger partial charge in [0, 0.05) is 26.1 Å². The van der Waals surface area contributed by atoms with Gasteiger partial charge in [0.1, 0.15) is 6.04 Å². The van der Waals surface area contributed by atoms with Crippen LogP contribution in [-0.4, -0.2) is 99.0 Å². The number of carbonyl (C=O) groups excluding carboxylic acids is 1. The minimum Gasteiger partial charge on any atom is -0.394 e. The van der Waals surface area contributed by atoms with Crippen LogP contribution in [0.1, 0.15) is 6.92 Å². The number of quaternary nitrogens is 1. The fraction of sp³-hybridized carbons (Fsp3) is 0.933. The van der Waals surface area contributed by atoms with Crippen molar-refractivity contribution in [1.82, 2.24) is 10.2 Å². The minimum absolute atomic E-state index is 0.117. The Labute approximate surface area is 137 Å². The van der Waals surface area contributed by atoms with Crippen molar-refractivity contribution in [2.24, 2.45) is 5.92 Å². The zero-order valence-corrected chi connectivity index (χ0v) is 14.2. The molecule has 2 aliphatic heterocycles. The molecule has 8 nitrogen and oxygen atoms in total. The Hall–Kier alpha value is -0.770. The van der Waals surface area contributed by atoms with Crippen LogP contribution >= 0.6 is 0 Å². The molecule has 0 spiro atoms. The molecule has 2 fully saturated rings. The molecule has 0 aromatic rings. The summed E-state index contributed by atoms with van der Waals surface area (Å²) in [6.07, 6.45) is -2.08. The number of nitrogens with one attached hydrogen (secondary N) is 2. The van der Waals surface area contributed by atoms with E-state index in [1.165, 1.54) is 12.0 Å². The Morgan fingerprint density at radius 3 is 2.65 bits per heavy atom. The minimum atomic E-state index is -0.822. The van der Waals surface area contributed by atoms with Gasteiger partial charge in [-0.3, -0.25) is 9.69 Å². The van der Waals surface area contributed by atoms with E-state index in [1.807, 2.05) is 0 Å². The number of aliphatic hydroxyl groups excluding tert-OH is 2. The molecule has 4 N–H and O–H groups in total. The fourth-order valence-corrected chi connectivity index (χ4v) is 3.23. The smallest absolute Gasteiger partial charge is 0.275 e. The highest BCUT2D eigenvalue weighted by atomic mass is 16.7. The van der Waals surface area contributed by atoms with Gasteiger partial charge >= 0.3 is 0 Å². The summed E-state index contributed by atoms with van der Waals surface area (Å²) in [6.45, 7) is 5.81. The number of nitrogens with zero attached hydrogens (tertiary/aromatic N) is 1. The van der Waals surface area contributed by atoms with Crippen molar-refractivity contribution in [3.8, 4) is 0 Å². The van der Waals surface area contributed by atoms with Crippen molar-refractivity contribution in [1.29, 1.82) is 0 Å². The second-order valence-electron chi connectivity index (χ2n) is 6.63. The molecule has 0 saturated carbocycles. The lowest BCUT2D eigenvalue weighted by Crippen LogP contribution is -3.15. The largest absolute Gasteiger partial charge is 0.394 e. The number of methoxy groups -OCH3 is 1. The Morgan fingerprint density at radius 1 is 1.43 bits per heavy atom. The van der Waals surface area contributed by atoms with Gasteiger partial charge in [-0.1, -0.05) is 6.92 Å². The Balaban J connectivity index is 1.90. The van der Waals surface area contributed by atoms with Gasteiger partial charge in [-0.25, -0.2) is 0 Å². The van der Waals surface area contributed by atoms with E-state index in [0.29, 0.717) is 6.54 Å². The summed E-state index contributed by atoms with van der Waals surface area (Å²) < 4.78 is 10.9. The third-order valence-electron chi connectivity index (χ3n) is 4.94. The summed E-state index contributed by atoms with van der Waals surface area (Å²) in [5.74, 6) is -0.401. The van der Waals surface area contributed by atoms with Crippen molar-refractivity contribution in [3.63, 3.8) is 0 Å². The molecule has 5 atom stereocenters. The van der Waals surface area contributed by atoms with E-state index in [0.717, 1.165) is 26.2 Å². The van der Waals surface area contributed by atoms with Crippen molar-refractivity contribution in [2.75, 3.05) is 53.5 Å². The number of hydrogen-bond donors (Lipinski definition) is 4. The quantitative estimate of drug-likeness (QED) is 0.421. The predicted molar refractivity (Wildman–Crippen MR) is 82.9 cm³/mol. The SMILES string of the molecule is COC1OC(CO)C(C)C(O)C1NC(=O)C[NH+]1CCN(C)CC1. The van der Waals surface area contributed by atoms with Crippen LogP contribution in [0.25, 0.3) is 0 Å². The van der Waals surface area contributed by atoms with Gasteiger partial charge in [-0.2, -0.15) is 0 Å². The average Bonchev–Trinajstić information content (AvgIpc) is 2.54. The first-order chi connectivity index (χ1) is 11.0. The summed E-state index contributed by atoms with van der Waals surface area (Å²) in [7, 11) is 3.54. The summed E-state index contributed by atoms with van der Waals surface area (Å²) in [5, 5.41) is 22.6. The van der Waals surface area contributed by atoms with E-state index >= 15 is 0 Å². The molecule has 2 saturated heterocycles. The highest BCUT2D eigenvalue weighted by Gasteiger charge is 2.44. The van der Waals surface area contributed by atoms with Crippen molar-refractivity contribution >= 4 is 5.91 Å². The van der Waals surface area contributed by atoms with Crippen LogP contribution in [0.5, 0.6) is 0 Å². The molecule has 0 radical (unpaired) electrons. The maximum Gasteiger partial charge on any atom is 0.275 e. The first kappa shape index (κ1) is 18.6. The van der Waals surface area contributed by atoms with E-state index in [9.17, 15) is 15.0 Å². The topological polar surface area (TPSA) is 95.7 Å². The molecular formula is C15H30N3O5+. The summed E-state index contributed by atoms with van der Waals surface area (Å²) in [6, 6.07) is -0.628. The van der Waals surface area contributed by atoms with E-state index in [2.05, 4.69) is 17.3 Å². The second kappa shape index (κ2) is 8.36. The van der Waals surface area contributed by atoms with Gasteiger partial charge in [0.25, 0.3) is 5.91 Å². The summed E-state index contributed by atoms with van der Waals surface area (Å²) >= 11 is 0. The molecule has 0 aliphatic carbocycles.